The molecule has 1 saturated heterocycles. The van der Waals surface area contributed by atoms with Gasteiger partial charge in [0.15, 0.2) is 5.79 Å². The second-order valence-corrected chi connectivity index (χ2v) is 11.4. The third-order valence-electron chi connectivity index (χ3n) is 10.4. The van der Waals surface area contributed by atoms with Crippen LogP contribution in [-0.4, -0.2) is 57.9 Å². The number of rotatable bonds is 3. The third-order valence-corrected chi connectivity index (χ3v) is 10.4. The first kappa shape index (κ1) is 22.0. The molecule has 1 aliphatic heterocycles. The molecule has 6 heteroatoms. The largest absolute Gasteiger partial charge is 0.393 e. The van der Waals surface area contributed by atoms with Crippen LogP contribution >= 0.6 is 0 Å². The van der Waals surface area contributed by atoms with Crippen molar-refractivity contribution >= 4 is 5.78 Å². The Kier molecular flexibility index (Phi) is 4.87. The van der Waals surface area contributed by atoms with Crippen molar-refractivity contribution in [3.05, 3.63) is 11.6 Å². The topological polar surface area (TPSA) is 96.2 Å². The van der Waals surface area contributed by atoms with Crippen LogP contribution in [0.25, 0.3) is 0 Å². The monoisotopic (exact) mass is 434 g/mol. The van der Waals surface area contributed by atoms with E-state index >= 15 is 0 Å². The molecule has 174 valence electrons. The minimum Gasteiger partial charge on any atom is -0.393 e. The Morgan fingerprint density at radius 3 is 2.52 bits per heavy atom. The van der Waals surface area contributed by atoms with Crippen molar-refractivity contribution in [2.24, 2.45) is 28.6 Å². The summed E-state index contributed by atoms with van der Waals surface area (Å²) in [6, 6.07) is 0. The van der Waals surface area contributed by atoms with E-state index in [0.717, 1.165) is 32.1 Å². The molecule has 1 heterocycles. The van der Waals surface area contributed by atoms with Crippen LogP contribution in [0.3, 0.4) is 0 Å². The van der Waals surface area contributed by atoms with Gasteiger partial charge < -0.3 is 24.8 Å². The summed E-state index contributed by atoms with van der Waals surface area (Å²) in [5.41, 5.74) is -2.67. The summed E-state index contributed by atoms with van der Waals surface area (Å²) in [5.74, 6) is -0.0487. The fourth-order valence-electron chi connectivity index (χ4n) is 8.48. The van der Waals surface area contributed by atoms with E-state index in [0.29, 0.717) is 19.6 Å². The molecule has 1 unspecified atom stereocenters. The van der Waals surface area contributed by atoms with E-state index in [1.165, 1.54) is 5.57 Å². The van der Waals surface area contributed by atoms with Crippen LogP contribution < -0.4 is 0 Å². The van der Waals surface area contributed by atoms with Crippen molar-refractivity contribution in [3.8, 4) is 0 Å². The second kappa shape index (κ2) is 6.86. The highest BCUT2D eigenvalue weighted by molar-refractivity contribution is 5.85. The lowest BCUT2D eigenvalue weighted by molar-refractivity contribution is -0.234. The highest BCUT2D eigenvalue weighted by atomic mass is 16.7. The molecular weight excluding hydrogens is 396 g/mol. The number of carbonyl (C=O) groups excluding carboxylic acids is 1. The SMILES string of the molecule is CCC(O)(CO)[C@@]1(O)CC[C@H]2[C@@H]3CC=C4CC5(CC[C@]4(C)[C@H]3C(=O)C[C@@]21C)OCCO5. The van der Waals surface area contributed by atoms with Crippen molar-refractivity contribution < 1.29 is 29.6 Å². The molecule has 1 spiro atoms. The van der Waals surface area contributed by atoms with Gasteiger partial charge in [0.2, 0.25) is 0 Å². The smallest absolute Gasteiger partial charge is 0.172 e. The Hall–Kier alpha value is -0.790. The molecule has 0 radical (unpaired) electrons. The number of hydrogen-bond donors (Lipinski definition) is 3. The average Bonchev–Trinajstić information content (AvgIpc) is 3.31. The molecule has 0 aromatic carbocycles. The van der Waals surface area contributed by atoms with Crippen molar-refractivity contribution in [1.82, 2.24) is 0 Å². The molecule has 5 aliphatic rings. The lowest BCUT2D eigenvalue weighted by Gasteiger charge is -2.60. The highest BCUT2D eigenvalue weighted by Crippen LogP contribution is 2.68. The van der Waals surface area contributed by atoms with E-state index < -0.39 is 29.0 Å². The molecule has 3 saturated carbocycles. The normalized spacial score (nSPS) is 48.0. The number of aliphatic hydroxyl groups excluding tert-OH is 1. The van der Waals surface area contributed by atoms with E-state index in [1.54, 1.807) is 6.92 Å². The number of carbonyl (C=O) groups is 1. The number of ether oxygens (including phenoxy) is 2. The minimum absolute atomic E-state index is 0.0597. The van der Waals surface area contributed by atoms with Gasteiger partial charge in [-0.15, -0.1) is 0 Å². The Morgan fingerprint density at radius 1 is 1.16 bits per heavy atom. The Labute approximate surface area is 185 Å². The van der Waals surface area contributed by atoms with E-state index in [1.807, 2.05) is 6.92 Å². The van der Waals surface area contributed by atoms with Gasteiger partial charge in [-0.2, -0.15) is 0 Å². The summed E-state index contributed by atoms with van der Waals surface area (Å²) in [7, 11) is 0. The molecule has 31 heavy (non-hydrogen) atoms. The Bertz CT molecular complexity index is 796. The van der Waals surface area contributed by atoms with Crippen LogP contribution in [0.5, 0.6) is 0 Å². The molecule has 6 nitrogen and oxygen atoms in total. The average molecular weight is 435 g/mol. The molecule has 0 bridgehead atoms. The van der Waals surface area contributed by atoms with Crippen LogP contribution in [0.15, 0.2) is 11.6 Å². The lowest BCUT2D eigenvalue weighted by Crippen LogP contribution is -2.67. The van der Waals surface area contributed by atoms with E-state index in [4.69, 9.17) is 9.47 Å². The van der Waals surface area contributed by atoms with Gasteiger partial charge in [-0.25, -0.2) is 0 Å². The summed E-state index contributed by atoms with van der Waals surface area (Å²) < 4.78 is 12.0. The second-order valence-electron chi connectivity index (χ2n) is 11.4. The molecule has 0 aromatic rings. The first-order chi connectivity index (χ1) is 14.6. The molecule has 3 N–H and O–H groups in total. The van der Waals surface area contributed by atoms with Gasteiger partial charge in [-0.3, -0.25) is 4.79 Å². The number of hydrogen-bond acceptors (Lipinski definition) is 6. The van der Waals surface area contributed by atoms with Crippen molar-refractivity contribution in [3.63, 3.8) is 0 Å². The molecule has 0 amide bonds. The van der Waals surface area contributed by atoms with Crippen LogP contribution in [-0.2, 0) is 14.3 Å². The van der Waals surface area contributed by atoms with Crippen LogP contribution in [0.2, 0.25) is 0 Å². The van der Waals surface area contributed by atoms with Gasteiger partial charge in [-0.05, 0) is 49.4 Å². The predicted octanol–water partition coefficient (Wildman–Crippen LogP) is 2.74. The molecular formula is C25H38O6. The standard InChI is InChI=1S/C25H38O6/c1-4-23(28,15-26)25(29)8-7-18-17-6-5-16-13-24(30-11-12-31-24)10-9-21(16,2)20(17)19(27)14-22(18,25)3/h5,17-18,20,26,28-29H,4,6-15H2,1-3H3/t17-,18-,20+,21-,22-,23?,25+/m0/s1. The number of fused-ring (bicyclic) bond motifs is 5. The summed E-state index contributed by atoms with van der Waals surface area (Å²) in [6.45, 7) is 6.80. The first-order valence-corrected chi connectivity index (χ1v) is 12.1. The van der Waals surface area contributed by atoms with Gasteiger partial charge >= 0.3 is 0 Å². The number of Topliss-reactive ketones (excluding diaryl/α,β-unsaturated/α-hetero) is 1. The van der Waals surface area contributed by atoms with Gasteiger partial charge in [0, 0.05) is 30.6 Å². The molecule has 5 rings (SSSR count). The van der Waals surface area contributed by atoms with E-state index in [-0.39, 0.29) is 41.8 Å². The molecule has 4 fully saturated rings. The summed E-state index contributed by atoms with van der Waals surface area (Å²) in [6.07, 6.45) is 7.28. The van der Waals surface area contributed by atoms with Gasteiger partial charge in [0.1, 0.15) is 17.0 Å². The Balaban J connectivity index is 1.51. The van der Waals surface area contributed by atoms with Gasteiger partial charge in [-0.1, -0.05) is 32.4 Å². The van der Waals surface area contributed by atoms with Crippen LogP contribution in [0.4, 0.5) is 0 Å². The van der Waals surface area contributed by atoms with Crippen molar-refractivity contribution in [2.45, 2.75) is 89.1 Å². The van der Waals surface area contributed by atoms with E-state index in [2.05, 4.69) is 13.0 Å². The first-order valence-electron chi connectivity index (χ1n) is 12.1. The maximum atomic E-state index is 13.8. The number of ketones is 1. The minimum atomic E-state index is -1.59. The van der Waals surface area contributed by atoms with Crippen LogP contribution in [0.1, 0.15) is 72.1 Å². The number of aliphatic hydroxyl groups is 3. The zero-order valence-electron chi connectivity index (χ0n) is 19.2. The predicted molar refractivity (Wildman–Crippen MR) is 114 cm³/mol. The van der Waals surface area contributed by atoms with E-state index in [9.17, 15) is 20.1 Å². The zero-order valence-corrected chi connectivity index (χ0v) is 19.2. The fourth-order valence-corrected chi connectivity index (χ4v) is 8.48. The zero-order chi connectivity index (χ0) is 22.3. The van der Waals surface area contributed by atoms with Crippen molar-refractivity contribution in [2.75, 3.05) is 19.8 Å². The summed E-state index contributed by atoms with van der Waals surface area (Å²) >= 11 is 0. The molecule has 4 aliphatic carbocycles. The molecule has 7 atom stereocenters. The lowest BCUT2D eigenvalue weighted by atomic mass is 9.45. The quantitative estimate of drug-likeness (QED) is 0.591. The van der Waals surface area contributed by atoms with Gasteiger partial charge in [0.05, 0.1) is 19.8 Å². The third kappa shape index (κ3) is 2.66. The summed E-state index contributed by atoms with van der Waals surface area (Å²) in [4.78, 5) is 13.8. The Morgan fingerprint density at radius 2 is 1.87 bits per heavy atom. The van der Waals surface area contributed by atoms with Crippen LogP contribution in [0, 0.1) is 28.6 Å². The fraction of sp³-hybridized carbons (Fsp3) is 0.880. The highest BCUT2D eigenvalue weighted by Gasteiger charge is 2.71. The maximum absolute atomic E-state index is 13.8. The van der Waals surface area contributed by atoms with Crippen molar-refractivity contribution in [1.29, 1.82) is 0 Å². The molecule has 0 aromatic heterocycles. The number of allylic oxidation sites excluding steroid dienone is 1. The van der Waals surface area contributed by atoms with Gasteiger partial charge in [0.25, 0.3) is 0 Å². The maximum Gasteiger partial charge on any atom is 0.172 e. The summed E-state index contributed by atoms with van der Waals surface area (Å²) in [5, 5.41) is 33.0.